The molecule has 0 saturated carbocycles. The van der Waals surface area contributed by atoms with Crippen molar-refractivity contribution in [3.05, 3.63) is 59.7 Å². The molecule has 1 amide bonds. The highest BCUT2D eigenvalue weighted by Crippen LogP contribution is 2.42. The largest absolute Gasteiger partial charge is 0.493 e. The maximum Gasteiger partial charge on any atom is 0.258 e. The smallest absolute Gasteiger partial charge is 0.258 e. The molecule has 2 aromatic carbocycles. The molecule has 0 spiro atoms. The predicted octanol–water partition coefficient (Wildman–Crippen LogP) is 5.01. The lowest BCUT2D eigenvalue weighted by Gasteiger charge is -2.49. The number of hydrogen-bond donors (Lipinski definition) is 1. The van der Waals surface area contributed by atoms with Gasteiger partial charge in [0.15, 0.2) is 0 Å². The Morgan fingerprint density at radius 1 is 1.12 bits per heavy atom. The molecule has 0 fully saturated rings. The summed E-state index contributed by atoms with van der Waals surface area (Å²) in [5.74, 6) is 0.881. The van der Waals surface area contributed by atoms with Gasteiger partial charge in [-0.25, -0.2) is 0 Å². The van der Waals surface area contributed by atoms with Crippen LogP contribution in [0.4, 0.5) is 5.69 Å². The van der Waals surface area contributed by atoms with Gasteiger partial charge < -0.3 is 15.0 Å². The Morgan fingerprint density at radius 2 is 1.81 bits per heavy atom. The molecule has 4 nitrogen and oxygen atoms in total. The van der Waals surface area contributed by atoms with Crippen LogP contribution >= 0.6 is 0 Å². The van der Waals surface area contributed by atoms with Crippen molar-refractivity contribution in [3.63, 3.8) is 0 Å². The van der Waals surface area contributed by atoms with E-state index < -0.39 is 5.66 Å². The van der Waals surface area contributed by atoms with Gasteiger partial charge in [0.1, 0.15) is 11.4 Å². The third kappa shape index (κ3) is 3.05. The van der Waals surface area contributed by atoms with Crippen molar-refractivity contribution in [2.45, 2.75) is 52.2 Å². The highest BCUT2D eigenvalue weighted by molar-refractivity contribution is 6.02. The molecule has 0 radical (unpaired) electrons. The minimum absolute atomic E-state index is 0.0569. The zero-order valence-electron chi connectivity index (χ0n) is 16.1. The number of rotatable bonds is 6. The van der Waals surface area contributed by atoms with Crippen molar-refractivity contribution in [2.24, 2.45) is 0 Å². The first-order valence-electron chi connectivity index (χ1n) is 9.46. The average molecular weight is 352 g/mol. The van der Waals surface area contributed by atoms with Crippen molar-refractivity contribution in [1.82, 2.24) is 4.90 Å². The third-order valence-corrected chi connectivity index (χ3v) is 5.14. The molecule has 2 atom stereocenters. The highest BCUT2D eigenvalue weighted by Gasteiger charge is 2.45. The fourth-order valence-corrected chi connectivity index (χ4v) is 3.66. The van der Waals surface area contributed by atoms with E-state index in [9.17, 15) is 4.79 Å². The number of nitrogens with one attached hydrogen (secondary N) is 1. The Morgan fingerprint density at radius 3 is 2.54 bits per heavy atom. The van der Waals surface area contributed by atoms with Crippen LogP contribution in [0.15, 0.2) is 48.5 Å². The monoisotopic (exact) mass is 352 g/mol. The Kier molecular flexibility index (Phi) is 5.21. The molecule has 0 aliphatic carbocycles. The lowest BCUT2D eigenvalue weighted by molar-refractivity contribution is 0.0392. The van der Waals surface area contributed by atoms with Crippen LogP contribution in [-0.4, -0.2) is 23.5 Å². The van der Waals surface area contributed by atoms with Crippen LogP contribution in [0.1, 0.15) is 56.5 Å². The molecule has 4 heteroatoms. The molecule has 26 heavy (non-hydrogen) atoms. The van der Waals surface area contributed by atoms with Crippen LogP contribution in [0, 0.1) is 0 Å². The summed E-state index contributed by atoms with van der Waals surface area (Å²) < 4.78 is 6.01. The van der Waals surface area contributed by atoms with Gasteiger partial charge in [0.05, 0.1) is 12.2 Å². The molecule has 1 aliphatic heterocycles. The fourth-order valence-electron chi connectivity index (χ4n) is 3.66. The van der Waals surface area contributed by atoms with Gasteiger partial charge in [0, 0.05) is 17.3 Å². The van der Waals surface area contributed by atoms with Crippen molar-refractivity contribution in [1.29, 1.82) is 0 Å². The number of para-hydroxylation sites is 2. The van der Waals surface area contributed by atoms with Gasteiger partial charge in [-0.3, -0.25) is 4.79 Å². The molecule has 0 bridgehead atoms. The van der Waals surface area contributed by atoms with Crippen molar-refractivity contribution in [2.75, 3.05) is 11.9 Å². The lowest BCUT2D eigenvalue weighted by atomic mass is 9.91. The molecule has 2 aromatic rings. The van der Waals surface area contributed by atoms with E-state index in [1.54, 1.807) is 0 Å². The molecule has 1 heterocycles. The normalized spacial score (nSPS) is 20.3. The Balaban J connectivity index is 2.15. The SMILES string of the molecule is CCCOc1ccccc1C1(C)Nc2ccccc2C(=O)N1C(C)CC. The van der Waals surface area contributed by atoms with Gasteiger partial charge in [-0.15, -0.1) is 0 Å². The van der Waals surface area contributed by atoms with Gasteiger partial charge in [-0.2, -0.15) is 0 Å². The standard InChI is InChI=1S/C22H28N2O2/c1-5-15-26-20-14-10-8-12-18(20)22(4)23-19-13-9-7-11-17(19)21(25)24(22)16(3)6-2/h7-14,16,23H,5-6,15H2,1-4H3. The second kappa shape index (κ2) is 7.40. The quantitative estimate of drug-likeness (QED) is 0.794. The number of nitrogens with zero attached hydrogens (tertiary/aromatic N) is 1. The highest BCUT2D eigenvalue weighted by atomic mass is 16.5. The summed E-state index contributed by atoms with van der Waals surface area (Å²) in [6.07, 6.45) is 1.82. The van der Waals surface area contributed by atoms with E-state index in [1.807, 2.05) is 47.4 Å². The van der Waals surface area contributed by atoms with Crippen molar-refractivity contribution < 1.29 is 9.53 Å². The minimum atomic E-state index is -0.675. The molecule has 0 saturated heterocycles. The summed E-state index contributed by atoms with van der Waals surface area (Å²) >= 11 is 0. The van der Waals surface area contributed by atoms with E-state index in [4.69, 9.17) is 4.74 Å². The maximum atomic E-state index is 13.4. The number of amides is 1. The first kappa shape index (κ1) is 18.3. The van der Waals surface area contributed by atoms with Gasteiger partial charge in [0.25, 0.3) is 5.91 Å². The second-order valence-electron chi connectivity index (χ2n) is 7.02. The molecular weight excluding hydrogens is 324 g/mol. The zero-order valence-corrected chi connectivity index (χ0v) is 16.1. The van der Waals surface area contributed by atoms with E-state index in [0.29, 0.717) is 6.61 Å². The summed E-state index contributed by atoms with van der Waals surface area (Å²) in [5, 5.41) is 3.63. The zero-order chi connectivity index (χ0) is 18.7. The summed E-state index contributed by atoms with van der Waals surface area (Å²) in [7, 11) is 0. The molecule has 1 aliphatic rings. The van der Waals surface area contributed by atoms with E-state index in [-0.39, 0.29) is 11.9 Å². The first-order chi connectivity index (χ1) is 12.5. The van der Waals surface area contributed by atoms with Gasteiger partial charge in [-0.05, 0) is 44.9 Å². The average Bonchev–Trinajstić information content (AvgIpc) is 2.66. The van der Waals surface area contributed by atoms with Crippen LogP contribution in [-0.2, 0) is 5.66 Å². The Bertz CT molecular complexity index is 789. The van der Waals surface area contributed by atoms with Crippen LogP contribution < -0.4 is 10.1 Å². The second-order valence-corrected chi connectivity index (χ2v) is 7.02. The third-order valence-electron chi connectivity index (χ3n) is 5.14. The molecule has 1 N–H and O–H groups in total. The van der Waals surface area contributed by atoms with Gasteiger partial charge in [0.2, 0.25) is 0 Å². The maximum absolute atomic E-state index is 13.4. The van der Waals surface area contributed by atoms with E-state index in [1.165, 1.54) is 0 Å². The van der Waals surface area contributed by atoms with Crippen molar-refractivity contribution >= 4 is 11.6 Å². The molecule has 3 rings (SSSR count). The van der Waals surface area contributed by atoms with Gasteiger partial charge >= 0.3 is 0 Å². The number of anilines is 1. The first-order valence-corrected chi connectivity index (χ1v) is 9.46. The number of ether oxygens (including phenoxy) is 1. The number of carbonyl (C=O) groups excluding carboxylic acids is 1. The predicted molar refractivity (Wildman–Crippen MR) is 106 cm³/mol. The Labute approximate surface area is 156 Å². The minimum Gasteiger partial charge on any atom is -0.493 e. The molecule has 0 aromatic heterocycles. The summed E-state index contributed by atoms with van der Waals surface area (Å²) in [6, 6.07) is 15.8. The van der Waals surface area contributed by atoms with Crippen LogP contribution in [0.2, 0.25) is 0 Å². The number of benzene rings is 2. The van der Waals surface area contributed by atoms with Crippen molar-refractivity contribution in [3.8, 4) is 5.75 Å². The summed E-state index contributed by atoms with van der Waals surface area (Å²) in [6.45, 7) is 9.02. The summed E-state index contributed by atoms with van der Waals surface area (Å²) in [4.78, 5) is 15.3. The topological polar surface area (TPSA) is 41.6 Å². The number of carbonyl (C=O) groups is 1. The van der Waals surface area contributed by atoms with Crippen LogP contribution in [0.3, 0.4) is 0 Å². The van der Waals surface area contributed by atoms with Gasteiger partial charge in [-0.1, -0.05) is 44.2 Å². The van der Waals surface area contributed by atoms with Crippen LogP contribution in [0.5, 0.6) is 5.75 Å². The van der Waals surface area contributed by atoms with Crippen LogP contribution in [0.25, 0.3) is 0 Å². The summed E-state index contributed by atoms with van der Waals surface area (Å²) in [5.41, 5.74) is 1.89. The molecule has 2 unspecified atom stereocenters. The number of hydrogen-bond acceptors (Lipinski definition) is 3. The van der Waals surface area contributed by atoms with E-state index in [0.717, 1.165) is 35.4 Å². The van der Waals surface area contributed by atoms with E-state index in [2.05, 4.69) is 39.1 Å². The fraction of sp³-hybridized carbons (Fsp3) is 0.409. The Hall–Kier alpha value is -2.49. The molecular formula is C22H28N2O2. The number of fused-ring (bicyclic) bond motifs is 1. The van der Waals surface area contributed by atoms with E-state index >= 15 is 0 Å². The lowest BCUT2D eigenvalue weighted by Crippen LogP contribution is -2.59. The molecule has 138 valence electrons.